The number of nitrogens with zero attached hydrogens (tertiary/aromatic N) is 1. The third-order valence-electron chi connectivity index (χ3n) is 3.06. The van der Waals surface area contributed by atoms with Crippen LogP contribution in [0.3, 0.4) is 0 Å². The summed E-state index contributed by atoms with van der Waals surface area (Å²) in [7, 11) is 1.63. The fraction of sp³-hybridized carbons (Fsp3) is 0.500. The number of nitrogens with one attached hydrogen (secondary N) is 1. The molecule has 1 saturated heterocycles. The zero-order valence-electron chi connectivity index (χ0n) is 10.1. The maximum atomic E-state index is 11.9. The van der Waals surface area contributed by atoms with Crippen LogP contribution in [0.4, 0.5) is 0 Å². The molecule has 98 valence electrons. The number of pyridine rings is 1. The van der Waals surface area contributed by atoms with E-state index in [4.69, 9.17) is 21.1 Å². The Kier molecular flexibility index (Phi) is 4.16. The monoisotopic (exact) mass is 270 g/mol. The molecular formula is C12H15ClN2O3. The van der Waals surface area contributed by atoms with Gasteiger partial charge in [0.1, 0.15) is 10.8 Å². The van der Waals surface area contributed by atoms with Crippen molar-refractivity contribution in [1.82, 2.24) is 10.3 Å². The predicted octanol–water partition coefficient (Wildman–Crippen LogP) is 1.27. The van der Waals surface area contributed by atoms with Crippen LogP contribution in [0.15, 0.2) is 18.3 Å². The molecule has 2 rings (SSSR count). The third kappa shape index (κ3) is 2.98. The van der Waals surface area contributed by atoms with E-state index in [1.807, 2.05) is 0 Å². The number of aromatic nitrogens is 1. The smallest absolute Gasteiger partial charge is 0.252 e. The number of amides is 1. The average Bonchev–Trinajstić information content (AvgIpc) is 2.86. The highest BCUT2D eigenvalue weighted by molar-refractivity contribution is 6.29. The minimum atomic E-state index is -0.407. The van der Waals surface area contributed by atoms with Crippen LogP contribution >= 0.6 is 11.6 Å². The molecule has 2 heterocycles. The Labute approximate surface area is 110 Å². The Balaban J connectivity index is 1.93. The van der Waals surface area contributed by atoms with Gasteiger partial charge in [0.25, 0.3) is 5.91 Å². The molecule has 0 spiro atoms. The molecule has 0 aliphatic carbocycles. The van der Waals surface area contributed by atoms with Crippen molar-refractivity contribution in [3.05, 3.63) is 29.0 Å². The molecule has 1 fully saturated rings. The second-order valence-corrected chi connectivity index (χ2v) is 4.63. The molecule has 18 heavy (non-hydrogen) atoms. The Morgan fingerprint density at radius 1 is 1.67 bits per heavy atom. The molecule has 0 bridgehead atoms. The van der Waals surface area contributed by atoms with E-state index in [1.54, 1.807) is 19.2 Å². The van der Waals surface area contributed by atoms with E-state index >= 15 is 0 Å². The normalized spacial score (nSPS) is 23.0. The highest BCUT2D eigenvalue weighted by atomic mass is 35.5. The Hall–Kier alpha value is -1.17. The maximum absolute atomic E-state index is 11.9. The largest absolute Gasteiger partial charge is 0.378 e. The first-order valence-corrected chi connectivity index (χ1v) is 6.06. The number of hydrogen-bond donors (Lipinski definition) is 1. The van der Waals surface area contributed by atoms with Gasteiger partial charge < -0.3 is 14.8 Å². The van der Waals surface area contributed by atoms with Gasteiger partial charge in [-0.2, -0.15) is 0 Å². The van der Waals surface area contributed by atoms with Crippen LogP contribution in [0.1, 0.15) is 16.8 Å². The van der Waals surface area contributed by atoms with Crippen molar-refractivity contribution in [2.75, 3.05) is 26.9 Å². The summed E-state index contributed by atoms with van der Waals surface area (Å²) in [6, 6.07) is 3.22. The summed E-state index contributed by atoms with van der Waals surface area (Å²) in [5.41, 5.74) is 0.0692. The molecule has 0 saturated carbocycles. The third-order valence-corrected chi connectivity index (χ3v) is 3.28. The Bertz CT molecular complexity index is 416. The molecule has 6 heteroatoms. The number of hydrogen-bond acceptors (Lipinski definition) is 4. The molecule has 1 aliphatic heterocycles. The van der Waals surface area contributed by atoms with Crippen molar-refractivity contribution >= 4 is 17.5 Å². The highest BCUT2D eigenvalue weighted by Gasteiger charge is 2.35. The summed E-state index contributed by atoms with van der Waals surface area (Å²) in [5, 5.41) is 3.19. The fourth-order valence-corrected chi connectivity index (χ4v) is 1.93. The molecule has 0 aromatic carbocycles. The molecule has 0 radical (unpaired) electrons. The summed E-state index contributed by atoms with van der Waals surface area (Å²) in [5.74, 6) is -0.192. The molecule has 1 aliphatic rings. The van der Waals surface area contributed by atoms with Gasteiger partial charge in [0.05, 0.1) is 12.2 Å². The topological polar surface area (TPSA) is 60.5 Å². The number of ether oxygens (including phenoxy) is 2. The minimum Gasteiger partial charge on any atom is -0.378 e. The van der Waals surface area contributed by atoms with E-state index in [2.05, 4.69) is 10.3 Å². The van der Waals surface area contributed by atoms with Gasteiger partial charge in [-0.1, -0.05) is 11.6 Å². The van der Waals surface area contributed by atoms with E-state index < -0.39 is 5.60 Å². The second kappa shape index (κ2) is 5.65. The quantitative estimate of drug-likeness (QED) is 0.837. The van der Waals surface area contributed by atoms with Gasteiger partial charge in [0.15, 0.2) is 0 Å². The van der Waals surface area contributed by atoms with Crippen molar-refractivity contribution in [2.45, 2.75) is 12.0 Å². The number of carbonyl (C=O) groups is 1. The zero-order chi connectivity index (χ0) is 13.0. The van der Waals surface area contributed by atoms with E-state index in [1.165, 1.54) is 6.20 Å². The lowest BCUT2D eigenvalue weighted by Crippen LogP contribution is -2.45. The van der Waals surface area contributed by atoms with E-state index in [0.29, 0.717) is 30.5 Å². The predicted molar refractivity (Wildman–Crippen MR) is 66.8 cm³/mol. The lowest BCUT2D eigenvalue weighted by molar-refractivity contribution is -0.0148. The number of methoxy groups -OCH3 is 1. The summed E-state index contributed by atoms with van der Waals surface area (Å²) >= 11 is 5.66. The van der Waals surface area contributed by atoms with Crippen LogP contribution in [0.25, 0.3) is 0 Å². The van der Waals surface area contributed by atoms with Crippen LogP contribution in [0, 0.1) is 0 Å². The van der Waals surface area contributed by atoms with Gasteiger partial charge in [-0.25, -0.2) is 4.98 Å². The molecule has 1 aromatic heterocycles. The molecule has 1 unspecified atom stereocenters. The van der Waals surface area contributed by atoms with Crippen molar-refractivity contribution in [3.63, 3.8) is 0 Å². The lowest BCUT2D eigenvalue weighted by Gasteiger charge is -2.25. The van der Waals surface area contributed by atoms with E-state index in [9.17, 15) is 4.79 Å². The maximum Gasteiger partial charge on any atom is 0.252 e. The Morgan fingerprint density at radius 2 is 2.50 bits per heavy atom. The second-order valence-electron chi connectivity index (χ2n) is 4.24. The molecular weight excluding hydrogens is 256 g/mol. The summed E-state index contributed by atoms with van der Waals surface area (Å²) in [4.78, 5) is 15.7. The van der Waals surface area contributed by atoms with Gasteiger partial charge in [0, 0.05) is 32.9 Å². The number of carbonyl (C=O) groups excluding carboxylic acids is 1. The Morgan fingerprint density at radius 3 is 3.06 bits per heavy atom. The van der Waals surface area contributed by atoms with Crippen LogP contribution < -0.4 is 5.32 Å². The molecule has 1 aromatic rings. The minimum absolute atomic E-state index is 0.192. The van der Waals surface area contributed by atoms with E-state index in [-0.39, 0.29) is 5.91 Å². The van der Waals surface area contributed by atoms with Gasteiger partial charge in [-0.05, 0) is 12.1 Å². The molecule has 5 nitrogen and oxygen atoms in total. The van der Waals surface area contributed by atoms with Crippen molar-refractivity contribution in [1.29, 1.82) is 0 Å². The van der Waals surface area contributed by atoms with Crippen LogP contribution in [0.2, 0.25) is 5.15 Å². The number of rotatable bonds is 4. The van der Waals surface area contributed by atoms with E-state index in [0.717, 1.165) is 6.42 Å². The molecule has 1 amide bonds. The van der Waals surface area contributed by atoms with Crippen molar-refractivity contribution in [3.8, 4) is 0 Å². The summed E-state index contributed by atoms with van der Waals surface area (Å²) in [6.45, 7) is 1.58. The fourth-order valence-electron chi connectivity index (χ4n) is 1.81. The number of halogens is 1. The highest BCUT2D eigenvalue weighted by Crippen LogP contribution is 2.21. The summed E-state index contributed by atoms with van der Waals surface area (Å²) < 4.78 is 10.7. The van der Waals surface area contributed by atoms with Crippen LogP contribution in [-0.4, -0.2) is 43.4 Å². The van der Waals surface area contributed by atoms with Crippen molar-refractivity contribution < 1.29 is 14.3 Å². The zero-order valence-corrected chi connectivity index (χ0v) is 10.9. The standard InChI is InChI=1S/C12H15ClN2O3/c1-17-12(4-5-18-8-12)7-15-11(16)9-2-3-10(13)14-6-9/h2-3,6H,4-5,7-8H2,1H3,(H,15,16). The SMILES string of the molecule is COC1(CNC(=O)c2ccc(Cl)nc2)CCOC1. The van der Waals surface area contributed by atoms with Gasteiger partial charge in [-0.3, -0.25) is 4.79 Å². The first-order valence-electron chi connectivity index (χ1n) is 5.68. The molecule has 1 atom stereocenters. The van der Waals surface area contributed by atoms with Crippen molar-refractivity contribution in [2.24, 2.45) is 0 Å². The van der Waals surface area contributed by atoms with Gasteiger partial charge >= 0.3 is 0 Å². The summed E-state index contributed by atoms with van der Waals surface area (Å²) in [6.07, 6.45) is 2.23. The average molecular weight is 271 g/mol. The van der Waals surface area contributed by atoms with Crippen LogP contribution in [0.5, 0.6) is 0 Å². The molecule has 1 N–H and O–H groups in total. The first-order chi connectivity index (χ1) is 8.65. The lowest BCUT2D eigenvalue weighted by atomic mass is 10.0. The van der Waals surface area contributed by atoms with Crippen LogP contribution in [-0.2, 0) is 9.47 Å². The van der Waals surface area contributed by atoms with Gasteiger partial charge in [-0.15, -0.1) is 0 Å². The first kappa shape index (κ1) is 13.3. The van der Waals surface area contributed by atoms with Gasteiger partial charge in [0.2, 0.25) is 0 Å².